The number of halogens is 3. The molecule has 0 aliphatic heterocycles. The first-order valence-corrected chi connectivity index (χ1v) is 4.72. The molecule has 0 saturated heterocycles. The summed E-state index contributed by atoms with van der Waals surface area (Å²) in [5.74, 6) is -0.353. The summed E-state index contributed by atoms with van der Waals surface area (Å²) in [7, 11) is 0. The monoisotopic (exact) mass is 221 g/mol. The Hall–Kier alpha value is -0.710. The van der Waals surface area contributed by atoms with Gasteiger partial charge in [-0.15, -0.1) is 0 Å². The molecule has 0 amide bonds. The van der Waals surface area contributed by atoms with E-state index in [4.69, 9.17) is 5.41 Å². The number of thiocarbonyl (C=S) groups is 1. The van der Waals surface area contributed by atoms with E-state index in [0.29, 0.717) is 12.8 Å². The lowest BCUT2D eigenvalue weighted by molar-refractivity contribution is -0.0957. The Labute approximate surface area is 85.5 Å². The maximum Gasteiger partial charge on any atom is 0.412 e. The third-order valence-corrected chi connectivity index (χ3v) is 2.56. The third-order valence-electron chi connectivity index (χ3n) is 2.30. The molecule has 1 aliphatic carbocycles. The Morgan fingerprint density at radius 3 is 2.71 bits per heavy atom. The van der Waals surface area contributed by atoms with Crippen molar-refractivity contribution >= 4 is 23.3 Å². The lowest BCUT2D eigenvalue weighted by Gasteiger charge is -2.23. The Morgan fingerprint density at radius 1 is 1.57 bits per heavy atom. The highest BCUT2D eigenvalue weighted by Crippen LogP contribution is 2.35. The van der Waals surface area contributed by atoms with Crippen LogP contribution >= 0.6 is 12.2 Å². The molecule has 5 heteroatoms. The van der Waals surface area contributed by atoms with Gasteiger partial charge < -0.3 is 5.41 Å². The molecule has 0 spiro atoms. The van der Waals surface area contributed by atoms with E-state index in [2.05, 4.69) is 12.2 Å². The van der Waals surface area contributed by atoms with E-state index in [-0.39, 0.29) is 18.1 Å². The van der Waals surface area contributed by atoms with Crippen LogP contribution in [0.1, 0.15) is 19.3 Å². The van der Waals surface area contributed by atoms with Gasteiger partial charge in [0.1, 0.15) is 0 Å². The van der Waals surface area contributed by atoms with Gasteiger partial charge in [0.15, 0.2) is 0 Å². The smallest absolute Gasteiger partial charge is 0.304 e. The van der Waals surface area contributed by atoms with Gasteiger partial charge in [-0.1, -0.05) is 18.3 Å². The number of allylic oxidation sites excluding steroid dienone is 2. The Morgan fingerprint density at radius 2 is 2.21 bits per heavy atom. The predicted octanol–water partition coefficient (Wildman–Crippen LogP) is 3.29. The van der Waals surface area contributed by atoms with Crippen LogP contribution in [0.3, 0.4) is 0 Å². The van der Waals surface area contributed by atoms with Crippen LogP contribution in [0.2, 0.25) is 0 Å². The van der Waals surface area contributed by atoms with Gasteiger partial charge in [-0.05, 0) is 19.3 Å². The molecule has 1 atom stereocenters. The van der Waals surface area contributed by atoms with Gasteiger partial charge >= 0.3 is 6.18 Å². The normalized spacial score (nSPS) is 22.8. The Balaban J connectivity index is 2.72. The van der Waals surface area contributed by atoms with Crippen molar-refractivity contribution in [3.05, 3.63) is 11.6 Å². The fraction of sp³-hybridized carbons (Fsp3) is 0.556. The lowest BCUT2D eigenvalue weighted by atomic mass is 9.86. The van der Waals surface area contributed by atoms with Crippen molar-refractivity contribution in [3.63, 3.8) is 0 Å². The first-order valence-electron chi connectivity index (χ1n) is 4.25. The highest BCUT2D eigenvalue weighted by Gasteiger charge is 2.36. The molecule has 1 rings (SSSR count). The Bertz CT molecular complexity index is 280. The average Bonchev–Trinajstić information content (AvgIpc) is 2.15. The SMILES string of the molecule is N=C(C=S)C1CCC=C(C(F)(F)F)C1. The van der Waals surface area contributed by atoms with Gasteiger partial charge in [0, 0.05) is 22.6 Å². The van der Waals surface area contributed by atoms with Crippen LogP contribution < -0.4 is 0 Å². The van der Waals surface area contributed by atoms with Gasteiger partial charge in [-0.25, -0.2) is 0 Å². The van der Waals surface area contributed by atoms with Crippen molar-refractivity contribution in [2.45, 2.75) is 25.4 Å². The van der Waals surface area contributed by atoms with Crippen LogP contribution in [-0.2, 0) is 0 Å². The highest BCUT2D eigenvalue weighted by atomic mass is 32.1. The van der Waals surface area contributed by atoms with Crippen molar-refractivity contribution in [1.29, 1.82) is 5.41 Å². The molecule has 1 N–H and O–H groups in total. The first-order chi connectivity index (χ1) is 6.45. The van der Waals surface area contributed by atoms with Gasteiger partial charge in [0.05, 0.1) is 0 Å². The molecule has 0 fully saturated rings. The van der Waals surface area contributed by atoms with E-state index in [1.807, 2.05) is 0 Å². The minimum atomic E-state index is -4.25. The number of nitrogens with one attached hydrogen (secondary N) is 1. The molecular weight excluding hydrogens is 211 g/mol. The van der Waals surface area contributed by atoms with Crippen molar-refractivity contribution < 1.29 is 13.2 Å². The van der Waals surface area contributed by atoms with E-state index in [1.54, 1.807) is 0 Å². The van der Waals surface area contributed by atoms with E-state index in [9.17, 15) is 13.2 Å². The maximum atomic E-state index is 12.3. The highest BCUT2D eigenvalue weighted by molar-refractivity contribution is 7.80. The summed E-state index contributed by atoms with van der Waals surface area (Å²) in [5, 5.41) is 8.53. The summed E-state index contributed by atoms with van der Waals surface area (Å²) in [6.45, 7) is 0. The summed E-state index contributed by atoms with van der Waals surface area (Å²) in [4.78, 5) is 0. The number of hydrogen-bond donors (Lipinski definition) is 1. The number of hydrogen-bond acceptors (Lipinski definition) is 2. The molecule has 1 nitrogen and oxygen atoms in total. The minimum absolute atomic E-state index is 0.102. The van der Waals surface area contributed by atoms with E-state index < -0.39 is 11.7 Å². The number of alkyl halides is 3. The van der Waals surface area contributed by atoms with Crippen LogP contribution in [0, 0.1) is 11.3 Å². The first kappa shape index (κ1) is 11.4. The van der Waals surface area contributed by atoms with Crippen molar-refractivity contribution in [2.75, 3.05) is 0 Å². The van der Waals surface area contributed by atoms with Crippen LogP contribution in [0.5, 0.6) is 0 Å². The molecular formula is C9H10F3NS. The molecule has 0 aromatic carbocycles. The molecule has 78 valence electrons. The summed E-state index contributed by atoms with van der Waals surface area (Å²) in [6.07, 6.45) is -2.17. The zero-order valence-electron chi connectivity index (χ0n) is 7.40. The summed E-state index contributed by atoms with van der Waals surface area (Å²) in [5.41, 5.74) is -0.384. The molecule has 1 unspecified atom stereocenters. The topological polar surface area (TPSA) is 23.9 Å². The van der Waals surface area contributed by atoms with Crippen LogP contribution in [0.15, 0.2) is 11.6 Å². The van der Waals surface area contributed by atoms with E-state index in [1.165, 1.54) is 6.08 Å². The standard InChI is InChI=1S/C9H10F3NS/c10-9(11,12)7-3-1-2-6(4-7)8(13)5-14/h3,5-6,13H,1-2,4H2. The fourth-order valence-corrected chi connectivity index (χ4v) is 1.70. The minimum Gasteiger partial charge on any atom is -0.304 e. The number of rotatable bonds is 2. The largest absolute Gasteiger partial charge is 0.412 e. The summed E-state index contributed by atoms with van der Waals surface area (Å²) < 4.78 is 36.9. The molecule has 0 bridgehead atoms. The quantitative estimate of drug-likeness (QED) is 0.432. The molecule has 0 radical (unpaired) electrons. The molecule has 0 heterocycles. The van der Waals surface area contributed by atoms with Crippen LogP contribution in [0.4, 0.5) is 13.2 Å². The zero-order valence-corrected chi connectivity index (χ0v) is 8.21. The predicted molar refractivity (Wildman–Crippen MR) is 52.9 cm³/mol. The summed E-state index contributed by atoms with van der Waals surface area (Å²) in [6, 6.07) is 0. The lowest BCUT2D eigenvalue weighted by Crippen LogP contribution is -2.23. The fourth-order valence-electron chi connectivity index (χ4n) is 1.50. The molecule has 1 aliphatic rings. The van der Waals surface area contributed by atoms with Crippen LogP contribution in [-0.4, -0.2) is 17.3 Å². The van der Waals surface area contributed by atoms with Crippen molar-refractivity contribution in [1.82, 2.24) is 0 Å². The summed E-state index contributed by atoms with van der Waals surface area (Å²) >= 11 is 4.54. The van der Waals surface area contributed by atoms with E-state index >= 15 is 0 Å². The van der Waals surface area contributed by atoms with Gasteiger partial charge in [-0.3, -0.25) is 0 Å². The molecule has 0 aromatic heterocycles. The average molecular weight is 221 g/mol. The molecule has 0 saturated carbocycles. The maximum absolute atomic E-state index is 12.3. The van der Waals surface area contributed by atoms with Gasteiger partial charge in [0.25, 0.3) is 0 Å². The van der Waals surface area contributed by atoms with Crippen LogP contribution in [0.25, 0.3) is 0 Å². The van der Waals surface area contributed by atoms with Crippen molar-refractivity contribution in [3.8, 4) is 0 Å². The van der Waals surface area contributed by atoms with Crippen molar-refractivity contribution in [2.24, 2.45) is 5.92 Å². The zero-order chi connectivity index (χ0) is 10.8. The third kappa shape index (κ3) is 2.64. The van der Waals surface area contributed by atoms with Gasteiger partial charge in [-0.2, -0.15) is 13.2 Å². The van der Waals surface area contributed by atoms with E-state index in [0.717, 1.165) is 5.37 Å². The Kier molecular flexibility index (Phi) is 3.42. The second kappa shape index (κ2) is 4.21. The molecule has 0 aromatic rings. The second-order valence-electron chi connectivity index (χ2n) is 3.28. The second-order valence-corrected chi connectivity index (χ2v) is 3.51. The molecule has 14 heavy (non-hydrogen) atoms. The van der Waals surface area contributed by atoms with Gasteiger partial charge in [0.2, 0.25) is 0 Å².